The van der Waals surface area contributed by atoms with Crippen LogP contribution < -0.4 is 5.73 Å². The predicted octanol–water partition coefficient (Wildman–Crippen LogP) is -0.146. The number of nitrogen functional groups attached to an aromatic ring is 1. The number of nitrogens with zero attached hydrogens (tertiary/aromatic N) is 5. The van der Waals surface area contributed by atoms with Gasteiger partial charge in [-0.25, -0.2) is 9.97 Å². The Kier molecular flexibility index (Phi) is 1.66. The Bertz CT molecular complexity index is 420. The third-order valence-electron chi connectivity index (χ3n) is 1.55. The maximum Gasteiger partial charge on any atom is 0.223 e. The fourth-order valence-corrected chi connectivity index (χ4v) is 0.985. The number of hydrogen-bond acceptors (Lipinski definition) is 5. The van der Waals surface area contributed by atoms with Gasteiger partial charge in [0.05, 0.1) is 11.8 Å². The zero-order valence-corrected chi connectivity index (χ0v) is 7.05. The van der Waals surface area contributed by atoms with E-state index in [2.05, 4.69) is 20.1 Å². The molecule has 2 aromatic heterocycles. The summed E-state index contributed by atoms with van der Waals surface area (Å²) in [6.45, 7) is 0. The first-order chi connectivity index (χ1) is 6.25. The highest BCUT2D eigenvalue weighted by atomic mass is 15.2. The van der Waals surface area contributed by atoms with Crippen LogP contribution in [0.25, 0.3) is 11.4 Å². The molecule has 0 atom stereocenters. The zero-order valence-electron chi connectivity index (χ0n) is 7.05. The van der Waals surface area contributed by atoms with Crippen molar-refractivity contribution >= 4 is 5.95 Å². The van der Waals surface area contributed by atoms with Crippen molar-refractivity contribution in [2.75, 3.05) is 5.73 Å². The van der Waals surface area contributed by atoms with E-state index >= 15 is 0 Å². The molecule has 6 nitrogen and oxygen atoms in total. The number of aryl methyl sites for hydroxylation is 1. The van der Waals surface area contributed by atoms with Crippen molar-refractivity contribution in [3.05, 3.63) is 18.7 Å². The van der Waals surface area contributed by atoms with E-state index in [1.165, 1.54) is 6.33 Å². The highest BCUT2D eigenvalue weighted by Gasteiger charge is 2.03. The molecule has 0 bridgehead atoms. The molecule has 2 aromatic rings. The number of rotatable bonds is 1. The van der Waals surface area contributed by atoms with Gasteiger partial charge in [-0.2, -0.15) is 10.1 Å². The minimum absolute atomic E-state index is 0.217. The van der Waals surface area contributed by atoms with E-state index in [4.69, 9.17) is 5.73 Å². The molecule has 13 heavy (non-hydrogen) atoms. The van der Waals surface area contributed by atoms with Gasteiger partial charge < -0.3 is 5.73 Å². The largest absolute Gasteiger partial charge is 0.368 e. The molecule has 0 amide bonds. The van der Waals surface area contributed by atoms with Crippen LogP contribution in [0.4, 0.5) is 5.95 Å². The second kappa shape index (κ2) is 2.81. The summed E-state index contributed by atoms with van der Waals surface area (Å²) in [6.07, 6.45) is 4.87. The Morgan fingerprint density at radius 3 is 2.85 bits per heavy atom. The van der Waals surface area contributed by atoms with E-state index in [0.717, 1.165) is 5.56 Å². The molecule has 0 aliphatic heterocycles. The lowest BCUT2D eigenvalue weighted by molar-refractivity contribution is 0.768. The van der Waals surface area contributed by atoms with Crippen LogP contribution >= 0.6 is 0 Å². The number of hydrogen-bond donors (Lipinski definition) is 1. The molecule has 2 rings (SSSR count). The van der Waals surface area contributed by atoms with Crippen LogP contribution in [0.5, 0.6) is 0 Å². The van der Waals surface area contributed by atoms with Gasteiger partial charge in [-0.3, -0.25) is 4.68 Å². The van der Waals surface area contributed by atoms with Crippen molar-refractivity contribution in [1.82, 2.24) is 24.7 Å². The smallest absolute Gasteiger partial charge is 0.223 e. The predicted molar refractivity (Wildman–Crippen MR) is 46.4 cm³/mol. The van der Waals surface area contributed by atoms with Gasteiger partial charge in [0, 0.05) is 13.2 Å². The Balaban J connectivity index is 2.46. The molecule has 0 radical (unpaired) electrons. The van der Waals surface area contributed by atoms with Crippen LogP contribution in [0, 0.1) is 0 Å². The Morgan fingerprint density at radius 2 is 2.23 bits per heavy atom. The summed E-state index contributed by atoms with van der Waals surface area (Å²) < 4.78 is 1.68. The molecule has 0 aliphatic carbocycles. The highest BCUT2D eigenvalue weighted by molar-refractivity contribution is 5.52. The summed E-state index contributed by atoms with van der Waals surface area (Å²) in [5.41, 5.74) is 6.24. The lowest BCUT2D eigenvalue weighted by atomic mass is 10.3. The first kappa shape index (κ1) is 7.66. The first-order valence-corrected chi connectivity index (χ1v) is 3.69. The number of nitrogens with two attached hydrogens (primary N) is 1. The molecule has 0 saturated carbocycles. The van der Waals surface area contributed by atoms with Crippen LogP contribution in [0.1, 0.15) is 0 Å². The fourth-order valence-electron chi connectivity index (χ4n) is 0.985. The van der Waals surface area contributed by atoms with Gasteiger partial charge in [0.25, 0.3) is 0 Å². The molecular weight excluding hydrogens is 168 g/mol. The van der Waals surface area contributed by atoms with Crippen LogP contribution in [-0.2, 0) is 7.05 Å². The quantitative estimate of drug-likeness (QED) is 0.653. The van der Waals surface area contributed by atoms with E-state index in [1.807, 2.05) is 13.2 Å². The van der Waals surface area contributed by atoms with E-state index in [1.54, 1.807) is 10.9 Å². The molecule has 2 N–H and O–H groups in total. The van der Waals surface area contributed by atoms with Gasteiger partial charge in [0.15, 0.2) is 5.82 Å². The van der Waals surface area contributed by atoms with Crippen LogP contribution in [-0.4, -0.2) is 24.7 Å². The maximum atomic E-state index is 5.41. The Labute approximate surface area is 74.5 Å². The highest BCUT2D eigenvalue weighted by Crippen LogP contribution is 2.11. The van der Waals surface area contributed by atoms with Crippen molar-refractivity contribution in [2.24, 2.45) is 7.05 Å². The molecule has 0 aliphatic rings. The minimum atomic E-state index is 0.217. The molecule has 0 unspecified atom stereocenters. The topological polar surface area (TPSA) is 82.5 Å². The molecule has 0 aromatic carbocycles. The van der Waals surface area contributed by atoms with Crippen molar-refractivity contribution in [3.63, 3.8) is 0 Å². The van der Waals surface area contributed by atoms with Crippen molar-refractivity contribution in [2.45, 2.75) is 0 Å². The number of aromatic nitrogens is 5. The molecule has 2 heterocycles. The SMILES string of the molecule is Cn1cc(-c2ncnc(N)n2)cn1. The van der Waals surface area contributed by atoms with E-state index in [0.29, 0.717) is 5.82 Å². The summed E-state index contributed by atoms with van der Waals surface area (Å²) in [7, 11) is 1.83. The van der Waals surface area contributed by atoms with Gasteiger partial charge in [-0.15, -0.1) is 0 Å². The monoisotopic (exact) mass is 176 g/mol. The Morgan fingerprint density at radius 1 is 1.38 bits per heavy atom. The lowest BCUT2D eigenvalue weighted by Gasteiger charge is -1.94. The summed E-state index contributed by atoms with van der Waals surface area (Å²) in [6, 6.07) is 0. The van der Waals surface area contributed by atoms with E-state index in [-0.39, 0.29) is 5.95 Å². The third-order valence-corrected chi connectivity index (χ3v) is 1.55. The maximum absolute atomic E-state index is 5.41. The van der Waals surface area contributed by atoms with Crippen LogP contribution in [0.2, 0.25) is 0 Å². The van der Waals surface area contributed by atoms with Gasteiger partial charge in [-0.05, 0) is 0 Å². The van der Waals surface area contributed by atoms with Gasteiger partial charge in [-0.1, -0.05) is 0 Å². The van der Waals surface area contributed by atoms with Crippen LogP contribution in [0.15, 0.2) is 18.7 Å². The van der Waals surface area contributed by atoms with Crippen LogP contribution in [0.3, 0.4) is 0 Å². The van der Waals surface area contributed by atoms with Gasteiger partial charge in [0.1, 0.15) is 6.33 Å². The molecule has 6 heteroatoms. The second-order valence-corrected chi connectivity index (χ2v) is 2.57. The molecule has 0 spiro atoms. The van der Waals surface area contributed by atoms with E-state index in [9.17, 15) is 0 Å². The average Bonchev–Trinajstić information content (AvgIpc) is 2.52. The first-order valence-electron chi connectivity index (χ1n) is 3.69. The second-order valence-electron chi connectivity index (χ2n) is 2.57. The summed E-state index contributed by atoms with van der Waals surface area (Å²) in [4.78, 5) is 11.6. The van der Waals surface area contributed by atoms with Gasteiger partial charge in [0.2, 0.25) is 5.95 Å². The summed E-state index contributed by atoms with van der Waals surface area (Å²) >= 11 is 0. The minimum Gasteiger partial charge on any atom is -0.368 e. The molecule has 66 valence electrons. The normalized spacial score (nSPS) is 10.2. The average molecular weight is 176 g/mol. The van der Waals surface area contributed by atoms with Gasteiger partial charge >= 0.3 is 0 Å². The Hall–Kier alpha value is -1.98. The summed E-state index contributed by atoms with van der Waals surface area (Å²) in [5, 5.41) is 4.00. The zero-order chi connectivity index (χ0) is 9.26. The standard InChI is InChI=1S/C7H8N6/c1-13-3-5(2-11-13)6-9-4-10-7(8)12-6/h2-4H,1H3,(H2,8,9,10,12). The molecular formula is C7H8N6. The third kappa shape index (κ3) is 1.46. The van der Waals surface area contributed by atoms with E-state index < -0.39 is 0 Å². The molecule has 0 saturated heterocycles. The molecule has 0 fully saturated rings. The lowest BCUT2D eigenvalue weighted by Crippen LogP contribution is -1.97. The van der Waals surface area contributed by atoms with Crippen molar-refractivity contribution < 1.29 is 0 Å². The summed E-state index contributed by atoms with van der Waals surface area (Å²) in [5.74, 6) is 0.759. The van der Waals surface area contributed by atoms with Crippen molar-refractivity contribution in [1.29, 1.82) is 0 Å². The number of anilines is 1. The fraction of sp³-hybridized carbons (Fsp3) is 0.143. The van der Waals surface area contributed by atoms with Crippen molar-refractivity contribution in [3.8, 4) is 11.4 Å².